The first-order valence-corrected chi connectivity index (χ1v) is 14.4. The summed E-state index contributed by atoms with van der Waals surface area (Å²) >= 11 is 1.58. The molecule has 1 saturated heterocycles. The van der Waals surface area contributed by atoms with Crippen LogP contribution >= 0.6 is 11.3 Å². The molecular weight excluding hydrogens is 524 g/mol. The molecule has 4 atom stereocenters. The molecule has 9 heteroatoms. The smallest absolute Gasteiger partial charge is 0.251 e. The van der Waals surface area contributed by atoms with Crippen molar-refractivity contribution in [1.29, 1.82) is 0 Å². The van der Waals surface area contributed by atoms with Gasteiger partial charge < -0.3 is 20.3 Å². The first-order chi connectivity index (χ1) is 19.3. The lowest BCUT2D eigenvalue weighted by molar-refractivity contribution is -0.139. The van der Waals surface area contributed by atoms with Crippen LogP contribution in [-0.2, 0) is 22.4 Å². The maximum Gasteiger partial charge on any atom is 0.251 e. The topological polar surface area (TPSA) is 92.1 Å². The fraction of sp³-hybridized carbons (Fsp3) is 0.355. The van der Waals surface area contributed by atoms with Crippen LogP contribution in [0, 0.1) is 12.0 Å². The lowest BCUT2D eigenvalue weighted by atomic mass is 9.93. The molecule has 2 aliphatic carbocycles. The number of rotatable bonds is 7. The highest BCUT2D eigenvalue weighted by Crippen LogP contribution is 2.59. The molecule has 3 aromatic rings. The summed E-state index contributed by atoms with van der Waals surface area (Å²) in [4.78, 5) is 45.9. The third kappa shape index (κ3) is 5.07. The van der Waals surface area contributed by atoms with Gasteiger partial charge in [-0.25, -0.2) is 4.85 Å². The Morgan fingerprint density at radius 1 is 1.10 bits per heavy atom. The van der Waals surface area contributed by atoms with Crippen LogP contribution in [0.1, 0.15) is 47.0 Å². The first-order valence-electron chi connectivity index (χ1n) is 13.5. The number of carbonyl (C=O) groups is 3. The van der Waals surface area contributed by atoms with Crippen LogP contribution in [0.25, 0.3) is 4.85 Å². The van der Waals surface area contributed by atoms with Gasteiger partial charge in [-0.1, -0.05) is 25.1 Å². The van der Waals surface area contributed by atoms with Gasteiger partial charge in [-0.2, -0.15) is 11.3 Å². The Morgan fingerprint density at radius 3 is 2.60 bits per heavy atom. The molecule has 8 nitrogen and oxygen atoms in total. The Kier molecular flexibility index (Phi) is 6.80. The van der Waals surface area contributed by atoms with E-state index in [1.165, 1.54) is 4.88 Å². The standard InChI is InChI=1S/C31H30N4O4S/c1-31-15-25(30(38)34-20-10-13-23-24(32-2)18-40-26(23)14-20)35(27(31)16-31)28(36)17-33-29(37)19-8-11-22(12-9-19)39-21-6-4-3-5-7-21/h3-9,11-12,18,20,25,27H,10,13-17H2,1H3,(H,33,37)(H,34,38)/t20?,25-,27-,31+/m0/s1. The highest BCUT2D eigenvalue weighted by Gasteiger charge is 2.64. The number of thiophene rings is 1. The summed E-state index contributed by atoms with van der Waals surface area (Å²) in [7, 11) is 0. The van der Waals surface area contributed by atoms with Crippen molar-refractivity contribution >= 4 is 34.7 Å². The van der Waals surface area contributed by atoms with E-state index in [-0.39, 0.29) is 41.8 Å². The van der Waals surface area contributed by atoms with Gasteiger partial charge in [-0.3, -0.25) is 14.4 Å². The largest absolute Gasteiger partial charge is 0.457 e. The molecule has 40 heavy (non-hydrogen) atoms. The van der Waals surface area contributed by atoms with Gasteiger partial charge in [0.15, 0.2) is 0 Å². The zero-order chi connectivity index (χ0) is 27.9. The molecule has 3 amide bonds. The predicted molar refractivity (Wildman–Crippen MR) is 152 cm³/mol. The van der Waals surface area contributed by atoms with Crippen LogP contribution < -0.4 is 15.4 Å². The van der Waals surface area contributed by atoms with Crippen molar-refractivity contribution in [3.05, 3.63) is 87.4 Å². The lowest BCUT2D eigenvalue weighted by Gasteiger charge is -2.30. The SMILES string of the molecule is [C-]#[N+]c1csc2c1CCC(NC(=O)[C@@H]1C[C@]3(C)C[C@@H]3N1C(=O)CNC(=O)c1ccc(Oc3ccccc3)cc1)C2. The Labute approximate surface area is 237 Å². The van der Waals surface area contributed by atoms with Gasteiger partial charge in [0, 0.05) is 24.1 Å². The van der Waals surface area contributed by atoms with Crippen molar-refractivity contribution in [3.8, 4) is 11.5 Å². The van der Waals surface area contributed by atoms with Crippen LogP contribution in [0.15, 0.2) is 60.0 Å². The number of nitrogens with zero attached hydrogens (tertiary/aromatic N) is 2. The summed E-state index contributed by atoms with van der Waals surface area (Å²) in [6, 6.07) is 15.6. The number of fused-ring (bicyclic) bond motifs is 2. The Hall–Kier alpha value is -4.16. The molecule has 3 aliphatic rings. The highest BCUT2D eigenvalue weighted by molar-refractivity contribution is 7.10. The van der Waals surface area contributed by atoms with E-state index < -0.39 is 6.04 Å². The van der Waals surface area contributed by atoms with Crippen molar-refractivity contribution in [1.82, 2.24) is 15.5 Å². The summed E-state index contributed by atoms with van der Waals surface area (Å²) in [5.41, 5.74) is 2.22. The molecule has 1 saturated carbocycles. The minimum atomic E-state index is -0.536. The molecule has 1 aromatic heterocycles. The number of benzene rings is 2. The monoisotopic (exact) mass is 554 g/mol. The Balaban J connectivity index is 1.05. The van der Waals surface area contributed by atoms with Gasteiger partial charge in [0.05, 0.1) is 13.1 Å². The molecule has 0 radical (unpaired) electrons. The van der Waals surface area contributed by atoms with Crippen LogP contribution in [0.4, 0.5) is 5.69 Å². The molecule has 0 spiro atoms. The van der Waals surface area contributed by atoms with E-state index in [9.17, 15) is 14.4 Å². The van der Waals surface area contributed by atoms with E-state index in [1.807, 2.05) is 35.7 Å². The molecule has 0 bridgehead atoms. The average Bonchev–Trinajstić information content (AvgIpc) is 3.30. The fourth-order valence-corrected chi connectivity index (χ4v) is 7.11. The second-order valence-electron chi connectivity index (χ2n) is 11.1. The number of carbonyl (C=O) groups excluding carboxylic acids is 3. The van der Waals surface area contributed by atoms with E-state index in [2.05, 4.69) is 22.4 Å². The minimum absolute atomic E-state index is 0.00698. The number of hydrogen-bond acceptors (Lipinski definition) is 5. The molecule has 2 N–H and O–H groups in total. The van der Waals surface area contributed by atoms with Crippen molar-refractivity contribution in [2.75, 3.05) is 6.54 Å². The molecule has 204 valence electrons. The fourth-order valence-electron chi connectivity index (χ4n) is 6.02. The summed E-state index contributed by atoms with van der Waals surface area (Å²) in [5, 5.41) is 7.81. The molecule has 6 rings (SSSR count). The zero-order valence-corrected chi connectivity index (χ0v) is 23.0. The summed E-state index contributed by atoms with van der Waals surface area (Å²) in [5.74, 6) is 0.590. The lowest BCUT2D eigenvalue weighted by Crippen LogP contribution is -2.53. The quantitative estimate of drug-likeness (QED) is 0.408. The number of ether oxygens (including phenoxy) is 1. The second kappa shape index (κ2) is 10.4. The van der Waals surface area contributed by atoms with Crippen LogP contribution in [0.5, 0.6) is 11.5 Å². The van der Waals surface area contributed by atoms with Crippen LogP contribution in [0.2, 0.25) is 0 Å². The molecule has 2 heterocycles. The maximum absolute atomic E-state index is 13.4. The number of amides is 3. The van der Waals surface area contributed by atoms with Gasteiger partial charge in [-0.05, 0) is 83.3 Å². The van der Waals surface area contributed by atoms with E-state index in [0.29, 0.717) is 29.9 Å². The number of piperidine rings is 1. The molecular formula is C31H30N4O4S. The third-order valence-corrected chi connectivity index (χ3v) is 9.36. The van der Waals surface area contributed by atoms with E-state index >= 15 is 0 Å². The van der Waals surface area contributed by atoms with Crippen molar-refractivity contribution in [2.24, 2.45) is 5.41 Å². The number of nitrogens with one attached hydrogen (secondary N) is 2. The normalized spacial score (nSPS) is 24.3. The minimum Gasteiger partial charge on any atom is -0.457 e. The van der Waals surface area contributed by atoms with Crippen molar-refractivity contribution in [2.45, 2.75) is 57.2 Å². The van der Waals surface area contributed by atoms with Gasteiger partial charge in [0.2, 0.25) is 17.5 Å². The van der Waals surface area contributed by atoms with E-state index in [1.54, 1.807) is 40.5 Å². The summed E-state index contributed by atoms with van der Waals surface area (Å²) < 4.78 is 5.78. The third-order valence-electron chi connectivity index (χ3n) is 8.32. The first kappa shape index (κ1) is 26.1. The average molecular weight is 555 g/mol. The highest BCUT2D eigenvalue weighted by atomic mass is 32.1. The van der Waals surface area contributed by atoms with E-state index in [4.69, 9.17) is 11.3 Å². The zero-order valence-electron chi connectivity index (χ0n) is 22.2. The molecule has 2 aromatic carbocycles. The van der Waals surface area contributed by atoms with E-state index in [0.717, 1.165) is 30.5 Å². The number of likely N-dealkylation sites (tertiary alicyclic amines) is 1. The van der Waals surface area contributed by atoms with Crippen molar-refractivity contribution < 1.29 is 19.1 Å². The maximum atomic E-state index is 13.4. The Bertz CT molecular complexity index is 1500. The Morgan fingerprint density at radius 2 is 1.85 bits per heavy atom. The summed E-state index contributed by atoms with van der Waals surface area (Å²) in [6.07, 6.45) is 3.78. The summed E-state index contributed by atoms with van der Waals surface area (Å²) in [6.45, 7) is 9.28. The van der Waals surface area contributed by atoms with Gasteiger partial charge in [0.1, 0.15) is 17.5 Å². The second-order valence-corrected chi connectivity index (χ2v) is 12.1. The van der Waals surface area contributed by atoms with Crippen molar-refractivity contribution in [3.63, 3.8) is 0 Å². The number of hydrogen-bond donors (Lipinski definition) is 2. The molecule has 1 unspecified atom stereocenters. The van der Waals surface area contributed by atoms with Crippen LogP contribution in [-0.4, -0.2) is 47.3 Å². The predicted octanol–water partition coefficient (Wildman–Crippen LogP) is 4.87. The van der Waals surface area contributed by atoms with Gasteiger partial charge >= 0.3 is 0 Å². The molecule has 2 fully saturated rings. The van der Waals surface area contributed by atoms with Gasteiger partial charge in [-0.15, -0.1) is 0 Å². The number of para-hydroxylation sites is 1. The van der Waals surface area contributed by atoms with Gasteiger partial charge in [0.25, 0.3) is 5.91 Å². The molecule has 1 aliphatic heterocycles. The van der Waals surface area contributed by atoms with Crippen LogP contribution in [0.3, 0.4) is 0 Å².